The summed E-state index contributed by atoms with van der Waals surface area (Å²) in [5, 5.41) is 3.27. The molecule has 3 nitrogen and oxygen atoms in total. The minimum Gasteiger partial charge on any atom is -0.369 e. The lowest BCUT2D eigenvalue weighted by Gasteiger charge is -2.26. The zero-order valence-corrected chi connectivity index (χ0v) is 11.4. The Kier molecular flexibility index (Phi) is 3.79. The van der Waals surface area contributed by atoms with Crippen LogP contribution in [0.4, 0.5) is 10.2 Å². The Hall–Kier alpha value is -1.97. The van der Waals surface area contributed by atoms with Gasteiger partial charge in [0.05, 0.1) is 0 Å². The van der Waals surface area contributed by atoms with E-state index in [0.29, 0.717) is 6.54 Å². The summed E-state index contributed by atoms with van der Waals surface area (Å²) in [5.41, 5.74) is 1.70. The van der Waals surface area contributed by atoms with Crippen molar-refractivity contribution in [2.75, 3.05) is 11.9 Å². The maximum Gasteiger partial charge on any atom is 0.129 e. The van der Waals surface area contributed by atoms with Crippen molar-refractivity contribution in [3.63, 3.8) is 0 Å². The Balaban J connectivity index is 2.09. The molecule has 0 aliphatic carbocycles. The van der Waals surface area contributed by atoms with Gasteiger partial charge in [-0.3, -0.25) is 0 Å². The molecule has 0 aliphatic rings. The van der Waals surface area contributed by atoms with Crippen LogP contribution in [-0.2, 0) is 5.41 Å². The second kappa shape index (κ2) is 5.34. The predicted octanol–water partition coefficient (Wildman–Crippen LogP) is 3.31. The van der Waals surface area contributed by atoms with Gasteiger partial charge in [-0.1, -0.05) is 26.0 Å². The molecule has 2 rings (SSSR count). The van der Waals surface area contributed by atoms with E-state index in [1.165, 1.54) is 12.4 Å². The van der Waals surface area contributed by atoms with Crippen LogP contribution in [0.1, 0.15) is 25.1 Å². The maximum absolute atomic E-state index is 13.3. The van der Waals surface area contributed by atoms with Gasteiger partial charge in [0.2, 0.25) is 0 Å². The van der Waals surface area contributed by atoms with Gasteiger partial charge >= 0.3 is 0 Å². The molecule has 4 heteroatoms. The van der Waals surface area contributed by atoms with Gasteiger partial charge in [-0.2, -0.15) is 0 Å². The average Bonchev–Trinajstić information content (AvgIpc) is 2.37. The van der Waals surface area contributed by atoms with E-state index in [4.69, 9.17) is 0 Å². The Bertz CT molecular complexity index is 567. The van der Waals surface area contributed by atoms with Gasteiger partial charge in [0.1, 0.15) is 18.0 Å². The zero-order valence-electron chi connectivity index (χ0n) is 11.4. The Morgan fingerprint density at radius 3 is 2.68 bits per heavy atom. The van der Waals surface area contributed by atoms with Crippen LogP contribution < -0.4 is 5.32 Å². The van der Waals surface area contributed by atoms with Gasteiger partial charge in [0, 0.05) is 23.7 Å². The standard InChI is InChI=1S/C15H18FN3/c1-11-7-14(19-10-18-11)17-9-15(2,3)12-5-4-6-13(16)8-12/h4-8,10H,9H2,1-3H3,(H,17,18,19). The van der Waals surface area contributed by atoms with Crippen molar-refractivity contribution >= 4 is 5.82 Å². The topological polar surface area (TPSA) is 37.8 Å². The maximum atomic E-state index is 13.3. The fourth-order valence-electron chi connectivity index (χ4n) is 1.87. The zero-order chi connectivity index (χ0) is 13.9. The molecule has 100 valence electrons. The van der Waals surface area contributed by atoms with Crippen LogP contribution in [0.5, 0.6) is 0 Å². The van der Waals surface area contributed by atoms with Gasteiger partial charge in [-0.05, 0) is 24.6 Å². The van der Waals surface area contributed by atoms with E-state index in [9.17, 15) is 4.39 Å². The van der Waals surface area contributed by atoms with Crippen LogP contribution in [0, 0.1) is 12.7 Å². The summed E-state index contributed by atoms with van der Waals surface area (Å²) in [5.74, 6) is 0.584. The molecule has 0 atom stereocenters. The normalized spacial score (nSPS) is 11.4. The van der Waals surface area contributed by atoms with E-state index in [-0.39, 0.29) is 11.2 Å². The highest BCUT2D eigenvalue weighted by Crippen LogP contribution is 2.24. The monoisotopic (exact) mass is 259 g/mol. The molecule has 0 amide bonds. The van der Waals surface area contributed by atoms with Crippen LogP contribution in [0.25, 0.3) is 0 Å². The van der Waals surface area contributed by atoms with Crippen LogP contribution in [0.2, 0.25) is 0 Å². The second-order valence-corrected chi connectivity index (χ2v) is 5.29. The van der Waals surface area contributed by atoms with Crippen molar-refractivity contribution in [3.8, 4) is 0 Å². The van der Waals surface area contributed by atoms with Crippen LogP contribution in [0.15, 0.2) is 36.7 Å². The molecule has 0 bridgehead atoms. The number of nitrogens with one attached hydrogen (secondary N) is 1. The lowest BCUT2D eigenvalue weighted by molar-refractivity contribution is 0.545. The highest BCUT2D eigenvalue weighted by Gasteiger charge is 2.21. The number of nitrogens with zero attached hydrogens (tertiary/aromatic N) is 2. The van der Waals surface area contributed by atoms with Crippen LogP contribution >= 0.6 is 0 Å². The Morgan fingerprint density at radius 1 is 1.21 bits per heavy atom. The van der Waals surface area contributed by atoms with Gasteiger partial charge in [0.15, 0.2) is 0 Å². The molecule has 0 saturated carbocycles. The summed E-state index contributed by atoms with van der Waals surface area (Å²) in [7, 11) is 0. The lowest BCUT2D eigenvalue weighted by Crippen LogP contribution is -2.28. The number of aryl methyl sites for hydroxylation is 1. The number of halogens is 1. The molecule has 2 aromatic rings. The van der Waals surface area contributed by atoms with E-state index < -0.39 is 0 Å². The van der Waals surface area contributed by atoms with Crippen molar-refractivity contribution in [1.29, 1.82) is 0 Å². The van der Waals surface area contributed by atoms with E-state index >= 15 is 0 Å². The molecular formula is C15H18FN3. The average molecular weight is 259 g/mol. The molecule has 1 N–H and O–H groups in total. The third-order valence-electron chi connectivity index (χ3n) is 3.12. The van der Waals surface area contributed by atoms with Crippen molar-refractivity contribution in [1.82, 2.24) is 9.97 Å². The molecule has 1 aromatic heterocycles. The van der Waals surface area contributed by atoms with Crippen molar-refractivity contribution in [3.05, 3.63) is 53.7 Å². The quantitative estimate of drug-likeness (QED) is 0.915. The van der Waals surface area contributed by atoms with Crippen molar-refractivity contribution < 1.29 is 4.39 Å². The molecule has 19 heavy (non-hydrogen) atoms. The number of benzene rings is 1. The molecule has 0 unspecified atom stereocenters. The highest BCUT2D eigenvalue weighted by molar-refractivity contribution is 5.36. The number of rotatable bonds is 4. The minimum atomic E-state index is -0.205. The first-order valence-electron chi connectivity index (χ1n) is 6.26. The molecule has 0 spiro atoms. The van der Waals surface area contributed by atoms with Gasteiger partial charge in [-0.25, -0.2) is 14.4 Å². The number of anilines is 1. The van der Waals surface area contributed by atoms with Crippen LogP contribution in [0.3, 0.4) is 0 Å². The van der Waals surface area contributed by atoms with Gasteiger partial charge in [-0.15, -0.1) is 0 Å². The number of hydrogen-bond donors (Lipinski definition) is 1. The Morgan fingerprint density at radius 2 is 2.00 bits per heavy atom. The fourth-order valence-corrected chi connectivity index (χ4v) is 1.87. The Labute approximate surface area is 112 Å². The first-order valence-corrected chi connectivity index (χ1v) is 6.26. The van der Waals surface area contributed by atoms with E-state index in [1.54, 1.807) is 12.1 Å². The van der Waals surface area contributed by atoms with E-state index in [1.807, 2.05) is 19.1 Å². The van der Waals surface area contributed by atoms with Gasteiger partial charge < -0.3 is 5.32 Å². The van der Waals surface area contributed by atoms with E-state index in [2.05, 4.69) is 29.1 Å². The molecule has 0 aliphatic heterocycles. The lowest BCUT2D eigenvalue weighted by atomic mass is 9.84. The molecule has 1 aromatic carbocycles. The molecule has 0 fully saturated rings. The number of aromatic nitrogens is 2. The summed E-state index contributed by atoms with van der Waals surface area (Å²) in [4.78, 5) is 8.21. The molecule has 0 saturated heterocycles. The number of hydrogen-bond acceptors (Lipinski definition) is 3. The van der Waals surface area contributed by atoms with E-state index in [0.717, 1.165) is 17.1 Å². The first-order chi connectivity index (χ1) is 8.97. The molecular weight excluding hydrogens is 241 g/mol. The minimum absolute atomic E-state index is 0.180. The first kappa shape index (κ1) is 13.5. The van der Waals surface area contributed by atoms with Gasteiger partial charge in [0.25, 0.3) is 0 Å². The molecule has 1 heterocycles. The highest BCUT2D eigenvalue weighted by atomic mass is 19.1. The largest absolute Gasteiger partial charge is 0.369 e. The third-order valence-corrected chi connectivity index (χ3v) is 3.12. The summed E-state index contributed by atoms with van der Waals surface area (Å²) < 4.78 is 13.3. The second-order valence-electron chi connectivity index (χ2n) is 5.29. The van der Waals surface area contributed by atoms with Crippen LogP contribution in [-0.4, -0.2) is 16.5 Å². The summed E-state index contributed by atoms with van der Waals surface area (Å²) in [6.07, 6.45) is 1.53. The predicted molar refractivity (Wildman–Crippen MR) is 74.7 cm³/mol. The summed E-state index contributed by atoms with van der Waals surface area (Å²) in [6, 6.07) is 8.60. The molecule has 0 radical (unpaired) electrons. The van der Waals surface area contributed by atoms with Crippen molar-refractivity contribution in [2.24, 2.45) is 0 Å². The summed E-state index contributed by atoms with van der Waals surface area (Å²) in [6.45, 7) is 6.74. The SMILES string of the molecule is Cc1cc(NCC(C)(C)c2cccc(F)c2)ncn1. The fraction of sp³-hybridized carbons (Fsp3) is 0.333. The summed E-state index contributed by atoms with van der Waals surface area (Å²) >= 11 is 0. The third kappa shape index (κ3) is 3.50. The smallest absolute Gasteiger partial charge is 0.129 e. The van der Waals surface area contributed by atoms with Crippen molar-refractivity contribution in [2.45, 2.75) is 26.2 Å².